The van der Waals surface area contributed by atoms with Crippen molar-refractivity contribution in [3.8, 4) is 0 Å². The van der Waals surface area contributed by atoms with Crippen molar-refractivity contribution in [3.05, 3.63) is 90.5 Å². The summed E-state index contributed by atoms with van der Waals surface area (Å²) in [6.45, 7) is 0. The van der Waals surface area contributed by atoms with Gasteiger partial charge in [0.25, 0.3) is 0 Å². The first-order valence-corrected chi connectivity index (χ1v) is 9.96. The SMILES string of the molecule is O=C(Nc1cccnc1)[C@@H](Cc1ccccc1)NS(=O)(=O)c1ccccc1F. The molecule has 1 aromatic heterocycles. The largest absolute Gasteiger partial charge is 0.323 e. The van der Waals surface area contributed by atoms with Crippen LogP contribution in [0.5, 0.6) is 0 Å². The number of nitrogens with one attached hydrogen (secondary N) is 2. The van der Waals surface area contributed by atoms with Gasteiger partial charge in [-0.15, -0.1) is 0 Å². The van der Waals surface area contributed by atoms with Crippen LogP contribution in [0.4, 0.5) is 10.1 Å². The molecule has 1 atom stereocenters. The number of carbonyl (C=O) groups is 1. The highest BCUT2D eigenvalue weighted by molar-refractivity contribution is 7.89. The summed E-state index contributed by atoms with van der Waals surface area (Å²) in [6.07, 6.45) is 3.10. The first-order chi connectivity index (χ1) is 13.5. The van der Waals surface area contributed by atoms with Crippen LogP contribution in [0, 0.1) is 5.82 Å². The lowest BCUT2D eigenvalue weighted by atomic mass is 10.1. The number of rotatable bonds is 7. The zero-order valence-corrected chi connectivity index (χ0v) is 15.6. The van der Waals surface area contributed by atoms with Gasteiger partial charge in [0.15, 0.2) is 0 Å². The Balaban J connectivity index is 1.87. The second-order valence-corrected chi connectivity index (χ2v) is 7.71. The highest BCUT2D eigenvalue weighted by Crippen LogP contribution is 2.16. The van der Waals surface area contributed by atoms with Gasteiger partial charge in [0.05, 0.1) is 11.9 Å². The number of hydrogen-bond acceptors (Lipinski definition) is 4. The van der Waals surface area contributed by atoms with Crippen LogP contribution in [0.3, 0.4) is 0 Å². The molecule has 0 aliphatic rings. The third-order valence-electron chi connectivity index (χ3n) is 3.95. The van der Waals surface area contributed by atoms with E-state index in [0.717, 1.165) is 17.7 Å². The van der Waals surface area contributed by atoms with Gasteiger partial charge in [-0.3, -0.25) is 9.78 Å². The molecule has 0 spiro atoms. The Morgan fingerprint density at radius 3 is 2.39 bits per heavy atom. The minimum absolute atomic E-state index is 0.0978. The molecule has 0 saturated carbocycles. The van der Waals surface area contributed by atoms with Gasteiger partial charge < -0.3 is 5.32 Å². The summed E-state index contributed by atoms with van der Waals surface area (Å²) in [5.74, 6) is -1.46. The summed E-state index contributed by atoms with van der Waals surface area (Å²) in [4.78, 5) is 16.2. The molecule has 0 aliphatic heterocycles. The predicted octanol–water partition coefficient (Wildman–Crippen LogP) is 2.75. The minimum atomic E-state index is -4.25. The number of anilines is 1. The van der Waals surface area contributed by atoms with Crippen LogP contribution in [-0.4, -0.2) is 25.4 Å². The molecule has 2 N–H and O–H groups in total. The smallest absolute Gasteiger partial charge is 0.244 e. The number of sulfonamides is 1. The Kier molecular flexibility index (Phi) is 6.13. The Hall–Kier alpha value is -3.10. The van der Waals surface area contributed by atoms with Crippen LogP contribution in [0.1, 0.15) is 5.56 Å². The van der Waals surface area contributed by atoms with Gasteiger partial charge in [0.2, 0.25) is 15.9 Å². The van der Waals surface area contributed by atoms with Crippen molar-refractivity contribution in [3.63, 3.8) is 0 Å². The van der Waals surface area contributed by atoms with Gasteiger partial charge in [0.1, 0.15) is 16.8 Å². The van der Waals surface area contributed by atoms with Gasteiger partial charge in [-0.1, -0.05) is 42.5 Å². The Bertz CT molecular complexity index is 1040. The standard InChI is InChI=1S/C20H18FN3O3S/c21-17-10-4-5-11-19(17)28(26,27)24-18(13-15-7-2-1-3-8-15)20(25)23-16-9-6-12-22-14-16/h1-12,14,18,24H,13H2,(H,23,25)/t18-/m1/s1. The third-order valence-corrected chi connectivity index (χ3v) is 5.46. The zero-order valence-electron chi connectivity index (χ0n) is 14.7. The summed E-state index contributed by atoms with van der Waals surface area (Å²) in [5, 5.41) is 2.63. The molecule has 6 nitrogen and oxygen atoms in total. The number of nitrogens with zero attached hydrogens (tertiary/aromatic N) is 1. The van der Waals surface area contributed by atoms with Crippen molar-refractivity contribution < 1.29 is 17.6 Å². The molecule has 0 radical (unpaired) electrons. The van der Waals surface area contributed by atoms with E-state index < -0.39 is 32.7 Å². The van der Waals surface area contributed by atoms with E-state index in [4.69, 9.17) is 0 Å². The van der Waals surface area contributed by atoms with Gasteiger partial charge in [0, 0.05) is 6.20 Å². The fourth-order valence-corrected chi connectivity index (χ4v) is 3.89. The van der Waals surface area contributed by atoms with E-state index in [1.54, 1.807) is 42.6 Å². The molecule has 1 heterocycles. The van der Waals surface area contributed by atoms with Crippen LogP contribution < -0.4 is 10.0 Å². The monoisotopic (exact) mass is 399 g/mol. The lowest BCUT2D eigenvalue weighted by Crippen LogP contribution is -2.45. The molecule has 1 amide bonds. The molecular formula is C20H18FN3O3S. The molecular weight excluding hydrogens is 381 g/mol. The van der Waals surface area contributed by atoms with Crippen molar-refractivity contribution in [1.29, 1.82) is 0 Å². The lowest BCUT2D eigenvalue weighted by Gasteiger charge is -2.19. The van der Waals surface area contributed by atoms with E-state index in [0.29, 0.717) is 5.69 Å². The Morgan fingerprint density at radius 2 is 1.71 bits per heavy atom. The van der Waals surface area contributed by atoms with Crippen molar-refractivity contribution in [1.82, 2.24) is 9.71 Å². The van der Waals surface area contributed by atoms with E-state index in [9.17, 15) is 17.6 Å². The molecule has 28 heavy (non-hydrogen) atoms. The van der Waals surface area contributed by atoms with E-state index in [2.05, 4.69) is 15.0 Å². The topological polar surface area (TPSA) is 88.2 Å². The van der Waals surface area contributed by atoms with E-state index in [1.807, 2.05) is 6.07 Å². The molecule has 8 heteroatoms. The van der Waals surface area contributed by atoms with Crippen LogP contribution >= 0.6 is 0 Å². The van der Waals surface area contributed by atoms with Crippen LogP contribution in [0.15, 0.2) is 84.0 Å². The number of aromatic nitrogens is 1. The van der Waals surface area contributed by atoms with Gasteiger partial charge in [-0.05, 0) is 36.2 Å². The molecule has 3 rings (SSSR count). The van der Waals surface area contributed by atoms with Gasteiger partial charge in [-0.2, -0.15) is 4.72 Å². The second kappa shape index (κ2) is 8.73. The number of hydrogen-bond donors (Lipinski definition) is 2. The van der Waals surface area contributed by atoms with Gasteiger partial charge >= 0.3 is 0 Å². The molecule has 144 valence electrons. The first-order valence-electron chi connectivity index (χ1n) is 8.47. The fourth-order valence-electron chi connectivity index (χ4n) is 2.62. The summed E-state index contributed by atoms with van der Waals surface area (Å²) in [5.41, 5.74) is 1.18. The van der Waals surface area contributed by atoms with Crippen LogP contribution in [0.2, 0.25) is 0 Å². The minimum Gasteiger partial charge on any atom is -0.323 e. The molecule has 3 aromatic rings. The number of halogens is 1. The summed E-state index contributed by atoms with van der Waals surface area (Å²) >= 11 is 0. The number of carbonyl (C=O) groups excluding carboxylic acids is 1. The van der Waals surface area contributed by atoms with Gasteiger partial charge in [-0.25, -0.2) is 12.8 Å². The molecule has 0 fully saturated rings. The summed E-state index contributed by atoms with van der Waals surface area (Å²) < 4.78 is 41.6. The third kappa shape index (κ3) is 4.99. The first kappa shape index (κ1) is 19.7. The summed E-state index contributed by atoms with van der Waals surface area (Å²) in [6, 6.07) is 16.1. The van der Waals surface area contributed by atoms with E-state index in [1.165, 1.54) is 18.3 Å². The highest BCUT2D eigenvalue weighted by Gasteiger charge is 2.28. The maximum Gasteiger partial charge on any atom is 0.244 e. The molecule has 0 aliphatic carbocycles. The van der Waals surface area contributed by atoms with Crippen molar-refractivity contribution in [2.75, 3.05) is 5.32 Å². The quantitative estimate of drug-likeness (QED) is 0.639. The average Bonchev–Trinajstić information content (AvgIpc) is 2.69. The highest BCUT2D eigenvalue weighted by atomic mass is 32.2. The Morgan fingerprint density at radius 1 is 1.00 bits per heavy atom. The maximum atomic E-state index is 14.0. The fraction of sp³-hybridized carbons (Fsp3) is 0.100. The number of benzene rings is 2. The summed E-state index contributed by atoms with van der Waals surface area (Å²) in [7, 11) is -4.25. The molecule has 2 aromatic carbocycles. The normalized spacial score (nSPS) is 12.3. The van der Waals surface area contributed by atoms with Crippen LogP contribution in [0.25, 0.3) is 0 Å². The number of pyridine rings is 1. The molecule has 0 saturated heterocycles. The average molecular weight is 399 g/mol. The lowest BCUT2D eigenvalue weighted by molar-refractivity contribution is -0.117. The Labute approximate surface area is 162 Å². The molecule has 0 bridgehead atoms. The van der Waals surface area contributed by atoms with E-state index in [-0.39, 0.29) is 6.42 Å². The zero-order chi connectivity index (χ0) is 20.0. The second-order valence-electron chi connectivity index (χ2n) is 6.02. The van der Waals surface area contributed by atoms with Crippen molar-refractivity contribution >= 4 is 21.6 Å². The van der Waals surface area contributed by atoms with E-state index >= 15 is 0 Å². The van der Waals surface area contributed by atoms with Crippen molar-refractivity contribution in [2.24, 2.45) is 0 Å². The van der Waals surface area contributed by atoms with Crippen LogP contribution in [-0.2, 0) is 21.2 Å². The number of amides is 1. The maximum absolute atomic E-state index is 14.0. The van der Waals surface area contributed by atoms with Crippen molar-refractivity contribution in [2.45, 2.75) is 17.4 Å². The molecule has 0 unspecified atom stereocenters. The predicted molar refractivity (Wildman–Crippen MR) is 104 cm³/mol.